The first-order valence-corrected chi connectivity index (χ1v) is 8.82. The number of aliphatic hydroxyl groups is 2. The Morgan fingerprint density at radius 3 is 2.50 bits per heavy atom. The van der Waals surface area contributed by atoms with E-state index in [9.17, 15) is 29.2 Å². The summed E-state index contributed by atoms with van der Waals surface area (Å²) in [5.41, 5.74) is -1.45. The summed E-state index contributed by atoms with van der Waals surface area (Å²) in [6.45, 7) is -0.780. The maximum Gasteiger partial charge on any atom is 0.365 e. The van der Waals surface area contributed by atoms with E-state index >= 15 is 0 Å². The highest BCUT2D eigenvalue weighted by Crippen LogP contribution is 2.42. The quantitative estimate of drug-likeness (QED) is 0.303. The lowest BCUT2D eigenvalue weighted by atomic mass is 10.1. The first-order chi connectivity index (χ1) is 11.9. The van der Waals surface area contributed by atoms with Crippen molar-refractivity contribution in [3.8, 4) is 0 Å². The van der Waals surface area contributed by atoms with Crippen LogP contribution in [0.3, 0.4) is 0 Å². The Hall–Kier alpha value is -1.86. The summed E-state index contributed by atoms with van der Waals surface area (Å²) >= 11 is 0. The van der Waals surface area contributed by atoms with E-state index in [-0.39, 0.29) is 0 Å². The zero-order valence-corrected chi connectivity index (χ0v) is 14.2. The Labute approximate surface area is 144 Å². The lowest BCUT2D eigenvalue weighted by Gasteiger charge is -2.19. The Morgan fingerprint density at radius 1 is 1.35 bits per heavy atom. The molecule has 146 valence electrons. The molecular weight excluding hydrogens is 379 g/mol. The van der Waals surface area contributed by atoms with E-state index in [0.29, 0.717) is 0 Å². The van der Waals surface area contributed by atoms with Gasteiger partial charge in [-0.1, -0.05) is 0 Å². The van der Waals surface area contributed by atoms with Gasteiger partial charge in [-0.25, -0.2) is 9.59 Å². The SMILES string of the molecule is Cn1c(=O)ccn([C@@H]2O[C@H](CO[C@@H](C(=O)O)P(=O)(O)O)[C@@H](O)[C@H]2O)c1=O. The number of hydrogen-bond donors (Lipinski definition) is 5. The van der Waals surface area contributed by atoms with Gasteiger partial charge < -0.3 is 34.6 Å². The Bertz CT molecular complexity index is 842. The van der Waals surface area contributed by atoms with Crippen molar-refractivity contribution in [2.75, 3.05) is 6.61 Å². The average molecular weight is 396 g/mol. The summed E-state index contributed by atoms with van der Waals surface area (Å²) in [7, 11) is -3.94. The molecule has 13 nitrogen and oxygen atoms in total. The summed E-state index contributed by atoms with van der Waals surface area (Å²) in [4.78, 5) is 52.2. The molecule has 5 atom stereocenters. The monoisotopic (exact) mass is 396 g/mol. The Balaban J connectivity index is 2.19. The van der Waals surface area contributed by atoms with E-state index in [1.54, 1.807) is 0 Å². The molecule has 26 heavy (non-hydrogen) atoms. The number of nitrogens with zero attached hydrogens (tertiary/aromatic N) is 2. The van der Waals surface area contributed by atoms with Crippen molar-refractivity contribution in [1.29, 1.82) is 0 Å². The van der Waals surface area contributed by atoms with Crippen LogP contribution in [0.2, 0.25) is 0 Å². The number of aliphatic hydroxyl groups excluding tert-OH is 2. The lowest BCUT2D eigenvalue weighted by Crippen LogP contribution is -2.41. The molecule has 0 radical (unpaired) electrons. The number of ether oxygens (including phenoxy) is 2. The van der Waals surface area contributed by atoms with Crippen LogP contribution in [-0.4, -0.2) is 71.0 Å². The number of carboxylic acid groups (broad SMARTS) is 1. The molecule has 1 aliphatic rings. The van der Waals surface area contributed by atoms with Crippen LogP contribution < -0.4 is 11.2 Å². The number of hydrogen-bond acceptors (Lipinski definition) is 8. The number of aliphatic carboxylic acids is 1. The van der Waals surface area contributed by atoms with Crippen LogP contribution in [0.1, 0.15) is 6.23 Å². The lowest BCUT2D eigenvalue weighted by molar-refractivity contribution is -0.149. The third kappa shape index (κ3) is 3.94. The van der Waals surface area contributed by atoms with Crippen LogP contribution in [0.4, 0.5) is 0 Å². The molecular formula is C12H17N2O11P. The maximum atomic E-state index is 12.1. The average Bonchev–Trinajstić information content (AvgIpc) is 2.80. The number of aromatic nitrogens is 2. The van der Waals surface area contributed by atoms with Gasteiger partial charge in [-0.3, -0.25) is 18.5 Å². The standard InChI is InChI=1S/C12H17N2O11P/c1-13-6(15)2-3-14(12(13)20)9-8(17)7(16)5(25-9)4-24-11(10(18)19)26(21,22)23/h2-3,5,7-9,11,16-17H,4H2,1H3,(H,18,19)(H2,21,22,23)/t5-,7-,8-,9-,11-/m1/s1. The van der Waals surface area contributed by atoms with Crippen LogP contribution in [0.25, 0.3) is 0 Å². The normalized spacial score (nSPS) is 27.4. The van der Waals surface area contributed by atoms with E-state index < -0.39 is 61.8 Å². The van der Waals surface area contributed by atoms with Gasteiger partial charge in [-0.15, -0.1) is 0 Å². The molecule has 2 heterocycles. The number of carboxylic acids is 1. The topological polar surface area (TPSA) is 198 Å². The fourth-order valence-corrected chi connectivity index (χ4v) is 2.94. The van der Waals surface area contributed by atoms with Crippen molar-refractivity contribution >= 4 is 13.6 Å². The van der Waals surface area contributed by atoms with E-state index in [1.807, 2.05) is 0 Å². The highest BCUT2D eigenvalue weighted by atomic mass is 31.2. The van der Waals surface area contributed by atoms with E-state index in [0.717, 1.165) is 21.4 Å². The molecule has 1 aromatic heterocycles. The molecule has 0 saturated carbocycles. The third-order valence-electron chi connectivity index (χ3n) is 3.76. The molecule has 1 aromatic rings. The first-order valence-electron chi connectivity index (χ1n) is 7.14. The molecule has 0 spiro atoms. The van der Waals surface area contributed by atoms with E-state index in [4.69, 9.17) is 19.6 Å². The minimum absolute atomic E-state index is 0.606. The molecule has 0 bridgehead atoms. The van der Waals surface area contributed by atoms with Crippen molar-refractivity contribution < 1.29 is 43.9 Å². The van der Waals surface area contributed by atoms with Gasteiger partial charge in [-0.05, 0) is 0 Å². The molecule has 1 aliphatic heterocycles. The van der Waals surface area contributed by atoms with Crippen molar-refractivity contribution in [3.05, 3.63) is 33.1 Å². The van der Waals surface area contributed by atoms with Crippen molar-refractivity contribution in [3.63, 3.8) is 0 Å². The largest absolute Gasteiger partial charge is 0.479 e. The summed E-state index contributed by atoms with van der Waals surface area (Å²) in [5.74, 6) is -4.40. The fourth-order valence-electron chi connectivity index (χ4n) is 2.38. The van der Waals surface area contributed by atoms with Crippen LogP contribution >= 0.6 is 7.60 Å². The Kier molecular flexibility index (Phi) is 5.82. The van der Waals surface area contributed by atoms with E-state index in [2.05, 4.69) is 4.74 Å². The number of carbonyl (C=O) groups is 1. The van der Waals surface area contributed by atoms with Gasteiger partial charge >= 0.3 is 19.3 Å². The van der Waals surface area contributed by atoms with Crippen LogP contribution in [0.15, 0.2) is 21.9 Å². The van der Waals surface area contributed by atoms with Gasteiger partial charge in [0.2, 0.25) is 0 Å². The molecule has 2 rings (SSSR count). The smallest absolute Gasteiger partial charge is 0.365 e. The predicted molar refractivity (Wildman–Crippen MR) is 81.3 cm³/mol. The first kappa shape index (κ1) is 20.5. The van der Waals surface area contributed by atoms with Gasteiger partial charge in [0.1, 0.15) is 18.3 Å². The van der Waals surface area contributed by atoms with E-state index in [1.165, 1.54) is 7.05 Å². The van der Waals surface area contributed by atoms with Crippen molar-refractivity contribution in [2.45, 2.75) is 30.4 Å². The summed E-state index contributed by atoms with van der Waals surface area (Å²) in [5, 5.41) is 28.8. The predicted octanol–water partition coefficient (Wildman–Crippen LogP) is -3.23. The van der Waals surface area contributed by atoms with Gasteiger partial charge in [0, 0.05) is 19.3 Å². The minimum Gasteiger partial charge on any atom is -0.479 e. The van der Waals surface area contributed by atoms with Crippen LogP contribution in [0, 0.1) is 0 Å². The molecule has 1 fully saturated rings. The second-order valence-corrected chi connectivity index (χ2v) is 7.21. The molecule has 1 saturated heterocycles. The number of rotatable bonds is 6. The molecule has 0 amide bonds. The second kappa shape index (κ2) is 7.40. The van der Waals surface area contributed by atoms with Crippen molar-refractivity contribution in [2.24, 2.45) is 7.05 Å². The second-order valence-electron chi connectivity index (χ2n) is 5.56. The summed E-state index contributed by atoms with van der Waals surface area (Å²) in [6, 6.07) is 1.03. The molecule has 0 unspecified atom stereocenters. The maximum absolute atomic E-state index is 12.1. The highest BCUT2D eigenvalue weighted by molar-refractivity contribution is 7.53. The van der Waals surface area contributed by atoms with Crippen LogP contribution in [-0.2, 0) is 25.9 Å². The van der Waals surface area contributed by atoms with Gasteiger partial charge in [0.05, 0.1) is 6.61 Å². The summed E-state index contributed by atoms with van der Waals surface area (Å²) < 4.78 is 22.6. The van der Waals surface area contributed by atoms with Crippen molar-refractivity contribution in [1.82, 2.24) is 9.13 Å². The Morgan fingerprint density at radius 2 is 1.96 bits per heavy atom. The van der Waals surface area contributed by atoms with Gasteiger partial charge in [0.15, 0.2) is 6.23 Å². The van der Waals surface area contributed by atoms with Gasteiger partial charge in [0.25, 0.3) is 11.4 Å². The zero-order valence-electron chi connectivity index (χ0n) is 13.3. The third-order valence-corrected chi connectivity index (χ3v) is 4.74. The molecule has 14 heteroatoms. The molecule has 0 aliphatic carbocycles. The molecule has 0 aromatic carbocycles. The molecule has 5 N–H and O–H groups in total. The highest BCUT2D eigenvalue weighted by Gasteiger charge is 2.46. The minimum atomic E-state index is -5.13. The fraction of sp³-hybridized carbons (Fsp3) is 0.583. The van der Waals surface area contributed by atoms with Crippen LogP contribution in [0.5, 0.6) is 0 Å². The summed E-state index contributed by atoms with van der Waals surface area (Å²) in [6.07, 6.45) is -5.04. The van der Waals surface area contributed by atoms with Gasteiger partial charge in [-0.2, -0.15) is 0 Å². The zero-order chi connectivity index (χ0) is 19.8.